The van der Waals surface area contributed by atoms with Gasteiger partial charge in [-0.25, -0.2) is 0 Å². The lowest BCUT2D eigenvalue weighted by atomic mass is 10.1. The van der Waals surface area contributed by atoms with Crippen molar-refractivity contribution in [3.8, 4) is 11.1 Å². The van der Waals surface area contributed by atoms with Crippen molar-refractivity contribution in [2.75, 3.05) is 18.4 Å². The van der Waals surface area contributed by atoms with E-state index in [9.17, 15) is 4.79 Å². The Morgan fingerprint density at radius 1 is 1.27 bits per heavy atom. The smallest absolute Gasteiger partial charge is 0.239 e. The molecule has 0 bridgehead atoms. The monoisotopic (exact) mass is 350 g/mol. The zero-order valence-electron chi connectivity index (χ0n) is 15.0. The number of hydrogen-bond donors (Lipinski definition) is 1. The Labute approximate surface area is 152 Å². The summed E-state index contributed by atoms with van der Waals surface area (Å²) in [6.45, 7) is 3.54. The minimum absolute atomic E-state index is 0.0455. The van der Waals surface area contributed by atoms with Crippen molar-refractivity contribution in [1.29, 1.82) is 0 Å². The highest BCUT2D eigenvalue weighted by molar-refractivity contribution is 5.93. The molecule has 1 aromatic carbocycles. The second-order valence-corrected chi connectivity index (χ2v) is 6.92. The van der Waals surface area contributed by atoms with E-state index in [1.54, 1.807) is 4.68 Å². The molecule has 0 unspecified atom stereocenters. The van der Waals surface area contributed by atoms with E-state index in [4.69, 9.17) is 0 Å². The maximum absolute atomic E-state index is 12.3. The van der Waals surface area contributed by atoms with Crippen LogP contribution < -0.4 is 5.32 Å². The van der Waals surface area contributed by atoms with Crippen LogP contribution in [-0.4, -0.2) is 49.9 Å². The van der Waals surface area contributed by atoms with Gasteiger partial charge in [0.05, 0.1) is 18.3 Å². The molecular weight excluding hydrogens is 328 g/mol. The number of aromatic nitrogens is 4. The number of amides is 1. The number of hydrogen-bond acceptors (Lipinski definition) is 5. The molecule has 134 valence electrons. The van der Waals surface area contributed by atoms with Gasteiger partial charge in [-0.3, -0.25) is 14.4 Å². The van der Waals surface area contributed by atoms with E-state index >= 15 is 0 Å². The summed E-state index contributed by atoms with van der Waals surface area (Å²) >= 11 is 0. The minimum atomic E-state index is -0.0455. The minimum Gasteiger partial charge on any atom is -0.308 e. The Bertz CT molecular complexity index is 950. The number of fused-ring (bicyclic) bond motifs is 1. The summed E-state index contributed by atoms with van der Waals surface area (Å²) in [4.78, 5) is 14.5. The average Bonchev–Trinajstić information content (AvgIpc) is 3.23. The average molecular weight is 350 g/mol. The third-order valence-electron chi connectivity index (χ3n) is 4.93. The number of carbonyl (C=O) groups is 1. The fourth-order valence-electron chi connectivity index (χ4n) is 3.45. The van der Waals surface area contributed by atoms with Crippen LogP contribution in [0.5, 0.6) is 0 Å². The normalized spacial score (nSPS) is 17.7. The van der Waals surface area contributed by atoms with Gasteiger partial charge in [-0.05, 0) is 50.1 Å². The molecule has 0 aliphatic carbocycles. The van der Waals surface area contributed by atoms with Crippen LogP contribution in [0.3, 0.4) is 0 Å². The standard InChI is InChI=1S/C19H22N6O/c1-13-4-3-7-25(13)12-19(26)21-18-9-15-8-14(5-6-17(15)22-23-18)16-10-20-24(2)11-16/h5-6,8-11,13H,3-4,7,12H2,1-2H3,(H,21,23,26)/t13-/m1/s1. The van der Waals surface area contributed by atoms with Crippen LogP contribution in [0.15, 0.2) is 36.7 Å². The van der Waals surface area contributed by atoms with Crippen LogP contribution in [0, 0.1) is 0 Å². The molecule has 0 spiro atoms. The summed E-state index contributed by atoms with van der Waals surface area (Å²) in [6, 6.07) is 8.31. The number of benzene rings is 1. The third-order valence-corrected chi connectivity index (χ3v) is 4.93. The molecule has 4 rings (SSSR count). The molecule has 1 N–H and O–H groups in total. The van der Waals surface area contributed by atoms with Gasteiger partial charge in [0.15, 0.2) is 5.82 Å². The maximum Gasteiger partial charge on any atom is 0.239 e. The number of likely N-dealkylation sites (tertiary alicyclic amines) is 1. The Morgan fingerprint density at radius 3 is 2.88 bits per heavy atom. The number of carbonyl (C=O) groups excluding carboxylic acids is 1. The molecule has 26 heavy (non-hydrogen) atoms. The van der Waals surface area contributed by atoms with Crippen molar-refractivity contribution >= 4 is 22.6 Å². The Morgan fingerprint density at radius 2 is 2.15 bits per heavy atom. The Hall–Kier alpha value is -2.80. The van der Waals surface area contributed by atoms with Crippen molar-refractivity contribution in [2.45, 2.75) is 25.8 Å². The molecule has 3 aromatic rings. The fourth-order valence-corrected chi connectivity index (χ4v) is 3.45. The molecule has 3 heterocycles. The van der Waals surface area contributed by atoms with Crippen molar-refractivity contribution in [3.05, 3.63) is 36.7 Å². The van der Waals surface area contributed by atoms with Gasteiger partial charge < -0.3 is 5.32 Å². The molecule has 1 aliphatic heterocycles. The first-order chi connectivity index (χ1) is 12.6. The molecule has 1 fully saturated rings. The van der Waals surface area contributed by atoms with Crippen LogP contribution >= 0.6 is 0 Å². The second kappa shape index (κ2) is 6.84. The lowest BCUT2D eigenvalue weighted by molar-refractivity contribution is -0.117. The molecule has 0 saturated carbocycles. The lowest BCUT2D eigenvalue weighted by Gasteiger charge is -2.19. The summed E-state index contributed by atoms with van der Waals surface area (Å²) in [7, 11) is 1.89. The van der Waals surface area contributed by atoms with Crippen LogP contribution in [0.4, 0.5) is 5.82 Å². The van der Waals surface area contributed by atoms with Gasteiger partial charge >= 0.3 is 0 Å². The van der Waals surface area contributed by atoms with E-state index < -0.39 is 0 Å². The predicted octanol–water partition coefficient (Wildman–Crippen LogP) is 2.45. The Balaban J connectivity index is 1.53. The van der Waals surface area contributed by atoms with Crippen molar-refractivity contribution in [2.24, 2.45) is 7.05 Å². The summed E-state index contributed by atoms with van der Waals surface area (Å²) in [5, 5.41) is 16.4. The third kappa shape index (κ3) is 3.43. The van der Waals surface area contributed by atoms with E-state index in [0.717, 1.165) is 41.4 Å². The molecule has 1 amide bonds. The fraction of sp³-hybridized carbons (Fsp3) is 0.368. The molecule has 2 aromatic heterocycles. The van der Waals surface area contributed by atoms with E-state index in [1.165, 1.54) is 0 Å². The first-order valence-electron chi connectivity index (χ1n) is 8.89. The summed E-state index contributed by atoms with van der Waals surface area (Å²) in [5.41, 5.74) is 2.89. The van der Waals surface area contributed by atoms with E-state index in [0.29, 0.717) is 18.4 Å². The molecular formula is C19H22N6O. The first kappa shape index (κ1) is 16.7. The largest absolute Gasteiger partial charge is 0.308 e. The highest BCUT2D eigenvalue weighted by Crippen LogP contribution is 2.24. The molecule has 1 atom stereocenters. The highest BCUT2D eigenvalue weighted by atomic mass is 16.2. The predicted molar refractivity (Wildman–Crippen MR) is 101 cm³/mol. The van der Waals surface area contributed by atoms with Crippen LogP contribution in [-0.2, 0) is 11.8 Å². The van der Waals surface area contributed by atoms with Crippen LogP contribution in [0.1, 0.15) is 19.8 Å². The molecule has 1 aliphatic rings. The molecule has 1 saturated heterocycles. The highest BCUT2D eigenvalue weighted by Gasteiger charge is 2.22. The SMILES string of the molecule is C[C@@H]1CCCN1CC(=O)Nc1cc2cc(-c3cnn(C)c3)ccc2nn1. The molecule has 0 radical (unpaired) electrons. The number of aryl methyl sites for hydroxylation is 1. The topological polar surface area (TPSA) is 75.9 Å². The number of anilines is 1. The van der Waals surface area contributed by atoms with Crippen molar-refractivity contribution in [1.82, 2.24) is 24.9 Å². The number of nitrogens with zero attached hydrogens (tertiary/aromatic N) is 5. The van der Waals surface area contributed by atoms with E-state index in [1.807, 2.05) is 43.7 Å². The van der Waals surface area contributed by atoms with Crippen LogP contribution in [0.25, 0.3) is 22.0 Å². The Kier molecular flexibility index (Phi) is 4.38. The van der Waals surface area contributed by atoms with E-state index in [-0.39, 0.29) is 5.91 Å². The van der Waals surface area contributed by atoms with Gasteiger partial charge in [0, 0.05) is 30.2 Å². The molecule has 7 heteroatoms. The number of nitrogens with one attached hydrogen (secondary N) is 1. The van der Waals surface area contributed by atoms with Crippen LogP contribution in [0.2, 0.25) is 0 Å². The summed E-state index contributed by atoms with van der Waals surface area (Å²) < 4.78 is 1.77. The van der Waals surface area contributed by atoms with Gasteiger partial charge in [0.25, 0.3) is 0 Å². The van der Waals surface area contributed by atoms with Crippen molar-refractivity contribution in [3.63, 3.8) is 0 Å². The number of rotatable bonds is 4. The first-order valence-corrected chi connectivity index (χ1v) is 8.89. The maximum atomic E-state index is 12.3. The van der Waals surface area contributed by atoms with Crippen molar-refractivity contribution < 1.29 is 4.79 Å². The second-order valence-electron chi connectivity index (χ2n) is 6.92. The quantitative estimate of drug-likeness (QED) is 0.782. The van der Waals surface area contributed by atoms with E-state index in [2.05, 4.69) is 32.4 Å². The van der Waals surface area contributed by atoms with Gasteiger partial charge in [-0.15, -0.1) is 10.2 Å². The van der Waals surface area contributed by atoms with Gasteiger partial charge in [-0.2, -0.15) is 5.10 Å². The summed E-state index contributed by atoms with van der Waals surface area (Å²) in [5.74, 6) is 0.438. The van der Waals surface area contributed by atoms with Gasteiger partial charge in [0.2, 0.25) is 5.91 Å². The summed E-state index contributed by atoms with van der Waals surface area (Å²) in [6.07, 6.45) is 6.10. The lowest BCUT2D eigenvalue weighted by Crippen LogP contribution is -2.35. The van der Waals surface area contributed by atoms with Gasteiger partial charge in [-0.1, -0.05) is 6.07 Å². The zero-order valence-corrected chi connectivity index (χ0v) is 15.0. The van der Waals surface area contributed by atoms with Gasteiger partial charge in [0.1, 0.15) is 0 Å². The molecule has 7 nitrogen and oxygen atoms in total. The zero-order chi connectivity index (χ0) is 18.1.